The molecule has 1 aliphatic heterocycles. The highest BCUT2D eigenvalue weighted by Crippen LogP contribution is 2.10. The van der Waals surface area contributed by atoms with Gasteiger partial charge >= 0.3 is 0 Å². The van der Waals surface area contributed by atoms with Gasteiger partial charge in [0.15, 0.2) is 5.17 Å². The molecule has 1 rings (SSSR count). The molecular formula is C12H24N2S. The van der Waals surface area contributed by atoms with E-state index in [0.717, 1.165) is 13.1 Å². The van der Waals surface area contributed by atoms with Crippen molar-refractivity contribution in [2.75, 3.05) is 18.8 Å². The van der Waals surface area contributed by atoms with E-state index in [-0.39, 0.29) is 0 Å². The summed E-state index contributed by atoms with van der Waals surface area (Å²) in [4.78, 5) is 4.45. The Balaban J connectivity index is 1.86. The largest absolute Gasteiger partial charge is 0.365 e. The number of thioether (sulfide) groups is 1. The third-order valence-corrected chi connectivity index (χ3v) is 3.64. The molecule has 2 nitrogen and oxygen atoms in total. The number of nitrogens with one attached hydrogen (secondary N) is 1. The molecule has 0 spiro atoms. The molecule has 3 heteroatoms. The third-order valence-electron chi connectivity index (χ3n) is 2.60. The Morgan fingerprint density at radius 1 is 1.20 bits per heavy atom. The van der Waals surface area contributed by atoms with Gasteiger partial charge in [-0.05, 0) is 12.8 Å². The lowest BCUT2D eigenvalue weighted by Gasteiger charge is -2.12. The van der Waals surface area contributed by atoms with Crippen LogP contribution in [0, 0.1) is 0 Å². The highest BCUT2D eigenvalue weighted by Gasteiger charge is 2.03. The molecule has 0 aromatic carbocycles. The first kappa shape index (κ1) is 12.9. The maximum absolute atomic E-state index is 4.45. The van der Waals surface area contributed by atoms with Crippen molar-refractivity contribution in [2.24, 2.45) is 4.99 Å². The Hall–Kier alpha value is -0.180. The number of amidine groups is 1. The van der Waals surface area contributed by atoms with Gasteiger partial charge in [0.1, 0.15) is 0 Å². The van der Waals surface area contributed by atoms with Gasteiger partial charge in [-0.2, -0.15) is 0 Å². The molecule has 0 bridgehead atoms. The average molecular weight is 228 g/mol. The second-order valence-electron chi connectivity index (χ2n) is 4.08. The number of rotatable bonds is 7. The van der Waals surface area contributed by atoms with Crippen LogP contribution in [0.25, 0.3) is 0 Å². The van der Waals surface area contributed by atoms with Crippen LogP contribution in [0.15, 0.2) is 4.99 Å². The van der Waals surface area contributed by atoms with Crippen LogP contribution in [0.3, 0.4) is 0 Å². The minimum atomic E-state index is 1.02. The molecule has 0 amide bonds. The van der Waals surface area contributed by atoms with Crippen LogP contribution in [0.5, 0.6) is 0 Å². The first-order valence-corrected chi connectivity index (χ1v) is 7.33. The van der Waals surface area contributed by atoms with E-state index >= 15 is 0 Å². The van der Waals surface area contributed by atoms with Gasteiger partial charge < -0.3 is 5.32 Å². The van der Waals surface area contributed by atoms with E-state index < -0.39 is 0 Å². The highest BCUT2D eigenvalue weighted by atomic mass is 32.2. The van der Waals surface area contributed by atoms with Crippen LogP contribution in [0.2, 0.25) is 0 Å². The smallest absolute Gasteiger partial charge is 0.156 e. The summed E-state index contributed by atoms with van der Waals surface area (Å²) in [5.74, 6) is 1.24. The monoisotopic (exact) mass is 228 g/mol. The van der Waals surface area contributed by atoms with Gasteiger partial charge in [0, 0.05) is 18.8 Å². The van der Waals surface area contributed by atoms with E-state index in [9.17, 15) is 0 Å². The normalized spacial score (nSPS) is 16.2. The van der Waals surface area contributed by atoms with E-state index in [1.807, 2.05) is 11.8 Å². The third kappa shape index (κ3) is 6.82. The van der Waals surface area contributed by atoms with Crippen LogP contribution in [0.4, 0.5) is 0 Å². The maximum Gasteiger partial charge on any atom is 0.156 e. The maximum atomic E-state index is 4.45. The second-order valence-corrected chi connectivity index (χ2v) is 5.17. The van der Waals surface area contributed by atoms with Crippen molar-refractivity contribution in [2.45, 2.75) is 51.9 Å². The van der Waals surface area contributed by atoms with Gasteiger partial charge in [0.05, 0.1) is 0 Å². The SMILES string of the molecule is CCCCCCCCNC1=NCCCS1. The van der Waals surface area contributed by atoms with Gasteiger partial charge in [-0.1, -0.05) is 50.8 Å². The molecule has 0 radical (unpaired) electrons. The lowest BCUT2D eigenvalue weighted by atomic mass is 10.1. The van der Waals surface area contributed by atoms with E-state index in [0.29, 0.717) is 0 Å². The lowest BCUT2D eigenvalue weighted by molar-refractivity contribution is 0.602. The van der Waals surface area contributed by atoms with Gasteiger partial charge in [0.2, 0.25) is 0 Å². The van der Waals surface area contributed by atoms with Crippen LogP contribution in [-0.4, -0.2) is 24.0 Å². The molecule has 0 saturated carbocycles. The molecule has 0 aromatic rings. The Kier molecular flexibility index (Phi) is 7.80. The molecule has 1 N–H and O–H groups in total. The van der Waals surface area contributed by atoms with Crippen molar-refractivity contribution in [1.82, 2.24) is 5.32 Å². The van der Waals surface area contributed by atoms with Crippen LogP contribution < -0.4 is 5.32 Å². The fourth-order valence-corrected chi connectivity index (χ4v) is 2.52. The Morgan fingerprint density at radius 3 is 2.73 bits per heavy atom. The van der Waals surface area contributed by atoms with E-state index in [2.05, 4.69) is 17.2 Å². The molecule has 0 saturated heterocycles. The Bertz CT molecular complexity index is 180. The standard InChI is InChI=1S/C12H24N2S/c1-2-3-4-5-6-7-9-13-12-14-10-8-11-15-12/h2-11H2,1H3,(H,13,14). The molecule has 1 heterocycles. The number of aliphatic imine (C=N–C) groups is 1. The van der Waals surface area contributed by atoms with Crippen LogP contribution in [0.1, 0.15) is 51.9 Å². The predicted molar refractivity (Wildman–Crippen MR) is 70.8 cm³/mol. The summed E-state index contributed by atoms with van der Waals surface area (Å²) in [5.41, 5.74) is 0. The molecule has 0 atom stereocenters. The first-order chi connectivity index (χ1) is 7.43. The molecule has 15 heavy (non-hydrogen) atoms. The van der Waals surface area contributed by atoms with Crippen molar-refractivity contribution >= 4 is 16.9 Å². The zero-order valence-corrected chi connectivity index (χ0v) is 10.7. The molecule has 1 aliphatic rings. The summed E-state index contributed by atoms with van der Waals surface area (Å²) in [7, 11) is 0. The minimum absolute atomic E-state index is 1.02. The van der Waals surface area contributed by atoms with E-state index in [1.54, 1.807) is 0 Å². The Morgan fingerprint density at radius 2 is 2.00 bits per heavy atom. The summed E-state index contributed by atoms with van der Waals surface area (Å²) in [6.45, 7) is 4.39. The molecule has 0 unspecified atom stereocenters. The quantitative estimate of drug-likeness (QED) is 0.675. The van der Waals surface area contributed by atoms with Gasteiger partial charge in [-0.25, -0.2) is 0 Å². The number of nitrogens with zero attached hydrogens (tertiary/aromatic N) is 1. The van der Waals surface area contributed by atoms with Gasteiger partial charge in [-0.15, -0.1) is 0 Å². The average Bonchev–Trinajstić information content (AvgIpc) is 2.29. The number of unbranched alkanes of at least 4 members (excludes halogenated alkanes) is 5. The topological polar surface area (TPSA) is 24.4 Å². The molecule has 0 aromatic heterocycles. The lowest BCUT2D eigenvalue weighted by Crippen LogP contribution is -2.24. The van der Waals surface area contributed by atoms with Crippen molar-refractivity contribution < 1.29 is 0 Å². The van der Waals surface area contributed by atoms with Crippen LogP contribution >= 0.6 is 11.8 Å². The summed E-state index contributed by atoms with van der Waals surface area (Å²) >= 11 is 1.87. The van der Waals surface area contributed by atoms with Crippen molar-refractivity contribution in [3.8, 4) is 0 Å². The minimum Gasteiger partial charge on any atom is -0.365 e. The van der Waals surface area contributed by atoms with E-state index in [1.165, 1.54) is 55.9 Å². The molecule has 88 valence electrons. The fraction of sp³-hybridized carbons (Fsp3) is 0.917. The number of hydrogen-bond acceptors (Lipinski definition) is 3. The van der Waals surface area contributed by atoms with E-state index in [4.69, 9.17) is 0 Å². The molecule has 0 fully saturated rings. The highest BCUT2D eigenvalue weighted by molar-refractivity contribution is 8.13. The summed E-state index contributed by atoms with van der Waals surface area (Å²) < 4.78 is 0. The molecule has 0 aliphatic carbocycles. The summed E-state index contributed by atoms with van der Waals surface area (Å²) in [6, 6.07) is 0. The van der Waals surface area contributed by atoms with Gasteiger partial charge in [0.25, 0.3) is 0 Å². The van der Waals surface area contributed by atoms with Crippen molar-refractivity contribution in [1.29, 1.82) is 0 Å². The van der Waals surface area contributed by atoms with Crippen molar-refractivity contribution in [3.05, 3.63) is 0 Å². The summed E-state index contributed by atoms with van der Waals surface area (Å²) in [6.07, 6.45) is 9.45. The first-order valence-electron chi connectivity index (χ1n) is 6.34. The zero-order valence-electron chi connectivity index (χ0n) is 9.93. The van der Waals surface area contributed by atoms with Crippen LogP contribution in [-0.2, 0) is 0 Å². The van der Waals surface area contributed by atoms with Gasteiger partial charge in [-0.3, -0.25) is 4.99 Å². The summed E-state index contributed by atoms with van der Waals surface area (Å²) in [5, 5.41) is 4.60. The van der Waals surface area contributed by atoms with Crippen molar-refractivity contribution in [3.63, 3.8) is 0 Å². The Labute approximate surface area is 98.3 Å². The zero-order chi connectivity index (χ0) is 10.8. The molecular weight excluding hydrogens is 204 g/mol. The predicted octanol–water partition coefficient (Wildman–Crippen LogP) is 3.43. The number of hydrogen-bond donors (Lipinski definition) is 1. The second kappa shape index (κ2) is 9.08. The fourth-order valence-electron chi connectivity index (χ4n) is 1.67.